The molecule has 0 aromatic carbocycles. The van der Waals surface area contributed by atoms with Gasteiger partial charge in [-0.2, -0.15) is 0 Å². The van der Waals surface area contributed by atoms with E-state index in [0.717, 1.165) is 45.0 Å². The molecule has 2 aliphatic heterocycles. The molecular formula is C14H25NO2. The first-order valence-electron chi connectivity index (χ1n) is 6.94. The predicted molar refractivity (Wildman–Crippen MR) is 66.8 cm³/mol. The minimum atomic E-state index is -0.0802. The van der Waals surface area contributed by atoms with Crippen molar-refractivity contribution in [3.05, 3.63) is 0 Å². The van der Waals surface area contributed by atoms with Crippen LogP contribution in [-0.4, -0.2) is 31.1 Å². The first-order chi connectivity index (χ1) is 7.93. The van der Waals surface area contributed by atoms with Crippen LogP contribution in [0.15, 0.2) is 0 Å². The minimum absolute atomic E-state index is 0.0802. The van der Waals surface area contributed by atoms with Gasteiger partial charge in [-0.1, -0.05) is 20.8 Å². The molecule has 3 nitrogen and oxygen atoms in total. The third kappa shape index (κ3) is 2.13. The summed E-state index contributed by atoms with van der Waals surface area (Å²) in [5.41, 5.74) is 0.530. The Morgan fingerprint density at radius 3 is 2.53 bits per heavy atom. The van der Waals surface area contributed by atoms with Crippen molar-refractivity contribution in [1.82, 2.24) is 5.32 Å². The predicted octanol–water partition coefficient (Wildman–Crippen LogP) is 2.31. The van der Waals surface area contributed by atoms with Gasteiger partial charge in [0, 0.05) is 0 Å². The molecule has 17 heavy (non-hydrogen) atoms. The first-order valence-corrected chi connectivity index (χ1v) is 6.94. The van der Waals surface area contributed by atoms with Gasteiger partial charge in [0.15, 0.2) is 0 Å². The molecule has 1 aliphatic carbocycles. The van der Waals surface area contributed by atoms with E-state index in [1.165, 1.54) is 6.42 Å². The van der Waals surface area contributed by atoms with E-state index in [-0.39, 0.29) is 11.3 Å². The Labute approximate surface area is 104 Å². The second-order valence-corrected chi connectivity index (χ2v) is 7.35. The van der Waals surface area contributed by atoms with E-state index in [1.807, 2.05) is 0 Å². The zero-order valence-corrected chi connectivity index (χ0v) is 11.3. The molecule has 0 radical (unpaired) electrons. The second-order valence-electron chi connectivity index (χ2n) is 7.35. The number of ether oxygens (including phenoxy) is 2. The van der Waals surface area contributed by atoms with Crippen molar-refractivity contribution >= 4 is 0 Å². The molecule has 0 bridgehead atoms. The maximum Gasteiger partial charge on any atom is 0.120 e. The van der Waals surface area contributed by atoms with Crippen molar-refractivity contribution in [3.8, 4) is 0 Å². The molecule has 0 aromatic heterocycles. The van der Waals surface area contributed by atoms with Crippen molar-refractivity contribution in [2.75, 3.05) is 19.8 Å². The van der Waals surface area contributed by atoms with Gasteiger partial charge in [0.05, 0.1) is 25.4 Å². The maximum absolute atomic E-state index is 6.18. The summed E-state index contributed by atoms with van der Waals surface area (Å²) in [6.45, 7) is 9.72. The van der Waals surface area contributed by atoms with Crippen molar-refractivity contribution in [3.63, 3.8) is 0 Å². The van der Waals surface area contributed by atoms with Crippen LogP contribution in [0.5, 0.6) is 0 Å². The van der Waals surface area contributed by atoms with Gasteiger partial charge in [-0.3, -0.25) is 5.32 Å². The molecule has 1 saturated carbocycles. The fraction of sp³-hybridized carbons (Fsp3) is 1.00. The number of hydrogen-bond acceptors (Lipinski definition) is 3. The number of rotatable bonds is 0. The summed E-state index contributed by atoms with van der Waals surface area (Å²) in [6, 6.07) is 0. The van der Waals surface area contributed by atoms with E-state index >= 15 is 0 Å². The Hall–Kier alpha value is -0.120. The average Bonchev–Trinajstić information content (AvgIpc) is 2.11. The van der Waals surface area contributed by atoms with Crippen LogP contribution in [0.25, 0.3) is 0 Å². The molecule has 0 aromatic rings. The fourth-order valence-corrected chi connectivity index (χ4v) is 4.29. The maximum atomic E-state index is 6.18. The minimum Gasteiger partial charge on any atom is -0.377 e. The van der Waals surface area contributed by atoms with Gasteiger partial charge in [-0.25, -0.2) is 0 Å². The highest BCUT2D eigenvalue weighted by molar-refractivity contribution is 5.05. The standard InChI is InChI=1S/C14H25NO2/c1-11-6-12(2,3)8-14(7-11)15-13(4-5-17-14)9-16-10-13/h11,15H,4-10H2,1-3H3. The van der Waals surface area contributed by atoms with E-state index in [2.05, 4.69) is 26.1 Å². The lowest BCUT2D eigenvalue weighted by Gasteiger charge is -2.57. The smallest absolute Gasteiger partial charge is 0.120 e. The molecule has 2 atom stereocenters. The summed E-state index contributed by atoms with van der Waals surface area (Å²) in [6.07, 6.45) is 4.69. The summed E-state index contributed by atoms with van der Waals surface area (Å²) in [5, 5.41) is 3.82. The first kappa shape index (κ1) is 11.9. The average molecular weight is 239 g/mol. The second kappa shape index (κ2) is 3.69. The van der Waals surface area contributed by atoms with Crippen LogP contribution in [-0.2, 0) is 9.47 Å². The van der Waals surface area contributed by atoms with Gasteiger partial charge in [-0.05, 0) is 37.0 Å². The summed E-state index contributed by atoms with van der Waals surface area (Å²) in [4.78, 5) is 0. The Bertz CT molecular complexity index is 311. The molecule has 3 heteroatoms. The molecule has 2 heterocycles. The van der Waals surface area contributed by atoms with Gasteiger partial charge < -0.3 is 9.47 Å². The summed E-state index contributed by atoms with van der Waals surface area (Å²) < 4.78 is 11.6. The van der Waals surface area contributed by atoms with E-state index in [1.54, 1.807) is 0 Å². The summed E-state index contributed by atoms with van der Waals surface area (Å²) in [5.74, 6) is 0.738. The van der Waals surface area contributed by atoms with Crippen molar-refractivity contribution in [2.45, 2.75) is 57.7 Å². The quantitative estimate of drug-likeness (QED) is 0.703. The number of nitrogens with one attached hydrogen (secondary N) is 1. The highest BCUT2D eigenvalue weighted by atomic mass is 16.5. The zero-order chi connectivity index (χ0) is 12.1. The lowest BCUT2D eigenvalue weighted by atomic mass is 9.67. The molecule has 1 N–H and O–H groups in total. The van der Waals surface area contributed by atoms with Crippen LogP contribution in [0.2, 0.25) is 0 Å². The fourth-order valence-electron chi connectivity index (χ4n) is 4.29. The third-order valence-electron chi connectivity index (χ3n) is 4.55. The van der Waals surface area contributed by atoms with Crippen LogP contribution in [0.3, 0.4) is 0 Å². The normalized spacial score (nSPS) is 43.6. The van der Waals surface area contributed by atoms with Crippen molar-refractivity contribution < 1.29 is 9.47 Å². The van der Waals surface area contributed by atoms with E-state index < -0.39 is 0 Å². The molecule has 3 rings (SSSR count). The highest BCUT2D eigenvalue weighted by Crippen LogP contribution is 2.47. The van der Waals surface area contributed by atoms with Crippen molar-refractivity contribution in [2.24, 2.45) is 11.3 Å². The Morgan fingerprint density at radius 2 is 1.94 bits per heavy atom. The largest absolute Gasteiger partial charge is 0.377 e. The van der Waals surface area contributed by atoms with Crippen LogP contribution in [0, 0.1) is 11.3 Å². The Morgan fingerprint density at radius 1 is 1.18 bits per heavy atom. The molecule has 2 unspecified atom stereocenters. The van der Waals surface area contributed by atoms with Gasteiger partial charge in [0.25, 0.3) is 0 Å². The SMILES string of the molecule is CC1CC(C)(C)CC2(C1)NC1(CCO2)COC1. The zero-order valence-electron chi connectivity index (χ0n) is 11.3. The van der Waals surface area contributed by atoms with Gasteiger partial charge in [0.1, 0.15) is 5.72 Å². The van der Waals surface area contributed by atoms with Crippen LogP contribution in [0.1, 0.15) is 46.5 Å². The molecule has 3 aliphatic rings. The third-order valence-corrected chi connectivity index (χ3v) is 4.55. The molecule has 3 fully saturated rings. The topological polar surface area (TPSA) is 30.5 Å². The van der Waals surface area contributed by atoms with E-state index in [9.17, 15) is 0 Å². The molecular weight excluding hydrogens is 214 g/mol. The molecule has 2 saturated heterocycles. The lowest BCUT2D eigenvalue weighted by Crippen LogP contribution is -2.73. The molecule has 0 amide bonds. The van der Waals surface area contributed by atoms with E-state index in [4.69, 9.17) is 9.47 Å². The monoisotopic (exact) mass is 239 g/mol. The van der Waals surface area contributed by atoms with Crippen LogP contribution < -0.4 is 5.32 Å². The lowest BCUT2D eigenvalue weighted by molar-refractivity contribution is -0.222. The van der Waals surface area contributed by atoms with Gasteiger partial charge in [-0.15, -0.1) is 0 Å². The Kier molecular flexibility index (Phi) is 2.59. The van der Waals surface area contributed by atoms with Crippen LogP contribution in [0.4, 0.5) is 0 Å². The summed E-state index contributed by atoms with van der Waals surface area (Å²) in [7, 11) is 0. The van der Waals surface area contributed by atoms with E-state index in [0.29, 0.717) is 5.41 Å². The molecule has 98 valence electrons. The molecule has 2 spiro atoms. The summed E-state index contributed by atoms with van der Waals surface area (Å²) >= 11 is 0. The van der Waals surface area contributed by atoms with Gasteiger partial charge >= 0.3 is 0 Å². The van der Waals surface area contributed by atoms with Crippen molar-refractivity contribution in [1.29, 1.82) is 0 Å². The van der Waals surface area contributed by atoms with Crippen LogP contribution >= 0.6 is 0 Å². The number of hydrogen-bond donors (Lipinski definition) is 1. The highest BCUT2D eigenvalue weighted by Gasteiger charge is 2.53. The Balaban J connectivity index is 1.79. The van der Waals surface area contributed by atoms with Gasteiger partial charge in [0.2, 0.25) is 0 Å².